The number of rotatable bonds is 6. The molecular formula is C23H23N3O4S. The number of hydrogen-bond acceptors (Lipinski definition) is 4. The summed E-state index contributed by atoms with van der Waals surface area (Å²) in [5.41, 5.74) is 2.75. The minimum absolute atomic E-state index is 0.0138. The van der Waals surface area contributed by atoms with Gasteiger partial charge >= 0.3 is 5.97 Å². The Balaban J connectivity index is 1.87. The third-order valence-electron chi connectivity index (χ3n) is 5.59. The molecule has 4 rings (SSSR count). The number of carboxylic acid groups (broad SMARTS) is 1. The molecule has 0 fully saturated rings. The number of hydrogen-bond donors (Lipinski definition) is 2. The molecule has 0 saturated carbocycles. The molecule has 0 aliphatic rings. The van der Waals surface area contributed by atoms with E-state index in [-0.39, 0.29) is 23.6 Å². The summed E-state index contributed by atoms with van der Waals surface area (Å²) in [5, 5.41) is 21.1. The molecule has 2 N–H and O–H groups in total. The van der Waals surface area contributed by atoms with Gasteiger partial charge in [0.1, 0.15) is 11.6 Å². The van der Waals surface area contributed by atoms with Gasteiger partial charge in [-0.3, -0.25) is 4.21 Å². The van der Waals surface area contributed by atoms with E-state index in [0.717, 1.165) is 11.4 Å². The van der Waals surface area contributed by atoms with Gasteiger partial charge < -0.3 is 19.3 Å². The molecule has 160 valence electrons. The highest BCUT2D eigenvalue weighted by molar-refractivity contribution is 7.84. The molecule has 0 saturated heterocycles. The zero-order valence-electron chi connectivity index (χ0n) is 17.5. The van der Waals surface area contributed by atoms with E-state index in [1.165, 1.54) is 0 Å². The quantitative estimate of drug-likeness (QED) is 0.479. The van der Waals surface area contributed by atoms with Crippen LogP contribution in [0.5, 0.6) is 5.75 Å². The van der Waals surface area contributed by atoms with Crippen molar-refractivity contribution in [2.24, 2.45) is 7.05 Å². The highest BCUT2D eigenvalue weighted by atomic mass is 32.2. The van der Waals surface area contributed by atoms with Crippen molar-refractivity contribution >= 4 is 27.7 Å². The van der Waals surface area contributed by atoms with Crippen LogP contribution in [0.2, 0.25) is 0 Å². The lowest BCUT2D eigenvalue weighted by Crippen LogP contribution is -2.08. The van der Waals surface area contributed by atoms with E-state index >= 15 is 0 Å². The lowest BCUT2D eigenvalue weighted by Gasteiger charge is -2.10. The number of phenolic OH excluding ortho intramolecular Hbond substituents is 1. The van der Waals surface area contributed by atoms with Crippen molar-refractivity contribution in [2.75, 3.05) is 0 Å². The van der Waals surface area contributed by atoms with Gasteiger partial charge in [-0.25, -0.2) is 9.78 Å². The van der Waals surface area contributed by atoms with E-state index < -0.39 is 16.8 Å². The van der Waals surface area contributed by atoms with Crippen LogP contribution >= 0.6 is 0 Å². The van der Waals surface area contributed by atoms with E-state index in [9.17, 15) is 19.2 Å². The second kappa shape index (κ2) is 8.03. The summed E-state index contributed by atoms with van der Waals surface area (Å²) in [6.45, 7) is 4.07. The lowest BCUT2D eigenvalue weighted by atomic mass is 10.0. The Morgan fingerprint density at radius 2 is 1.84 bits per heavy atom. The van der Waals surface area contributed by atoms with E-state index in [2.05, 4.69) is 4.98 Å². The molecule has 0 radical (unpaired) electrons. The average Bonchev–Trinajstić information content (AvgIpc) is 3.25. The zero-order chi connectivity index (χ0) is 22.3. The maximum atomic E-state index is 13.0. The second-order valence-electron chi connectivity index (χ2n) is 7.55. The number of aromatic carboxylic acids is 1. The first-order valence-electron chi connectivity index (χ1n) is 9.76. The number of aromatic hydroxyl groups is 1. The fraction of sp³-hybridized carbons (Fsp3) is 0.217. The second-order valence-corrected chi connectivity index (χ2v) is 9.00. The van der Waals surface area contributed by atoms with Gasteiger partial charge in [-0.2, -0.15) is 0 Å². The van der Waals surface area contributed by atoms with Gasteiger partial charge in [0.15, 0.2) is 0 Å². The molecule has 2 aromatic heterocycles. The number of aryl methyl sites for hydroxylation is 3. The Kier molecular flexibility index (Phi) is 5.41. The van der Waals surface area contributed by atoms with Crippen molar-refractivity contribution in [1.29, 1.82) is 0 Å². The summed E-state index contributed by atoms with van der Waals surface area (Å²) < 4.78 is 16.6. The van der Waals surface area contributed by atoms with Gasteiger partial charge in [-0.1, -0.05) is 17.7 Å². The van der Waals surface area contributed by atoms with Crippen LogP contribution in [0.4, 0.5) is 0 Å². The normalized spacial score (nSPS) is 12.4. The molecule has 7 nitrogen and oxygen atoms in total. The van der Waals surface area contributed by atoms with Crippen molar-refractivity contribution in [3.8, 4) is 5.75 Å². The number of carboxylic acids is 1. The Morgan fingerprint density at radius 3 is 2.45 bits per heavy atom. The number of carbonyl (C=O) groups is 1. The van der Waals surface area contributed by atoms with Crippen molar-refractivity contribution in [3.63, 3.8) is 0 Å². The van der Waals surface area contributed by atoms with Crippen LogP contribution in [0, 0.1) is 13.8 Å². The molecule has 1 unspecified atom stereocenters. The third kappa shape index (κ3) is 3.74. The van der Waals surface area contributed by atoms with Crippen LogP contribution in [-0.2, 0) is 30.1 Å². The summed E-state index contributed by atoms with van der Waals surface area (Å²) in [5.74, 6) is -0.291. The van der Waals surface area contributed by atoms with Gasteiger partial charge in [0.2, 0.25) is 0 Å². The minimum Gasteiger partial charge on any atom is -0.508 e. The SMILES string of the molecule is Cc1ccc(S(=O)Cc2c(C(=O)O)c3c(Cn4ccnc4C)c(O)ccc3n2C)cc1. The number of phenols is 1. The molecule has 4 aromatic rings. The molecule has 0 aliphatic carbocycles. The van der Waals surface area contributed by atoms with Crippen LogP contribution in [0.1, 0.15) is 33.0 Å². The van der Waals surface area contributed by atoms with Gasteiger partial charge in [-0.05, 0) is 38.1 Å². The Hall–Kier alpha value is -3.39. The summed E-state index contributed by atoms with van der Waals surface area (Å²) in [6, 6.07) is 10.6. The van der Waals surface area contributed by atoms with Gasteiger partial charge in [0, 0.05) is 46.5 Å². The van der Waals surface area contributed by atoms with Gasteiger partial charge in [0.05, 0.1) is 28.7 Å². The first-order chi connectivity index (χ1) is 14.8. The molecule has 0 amide bonds. The highest BCUT2D eigenvalue weighted by Gasteiger charge is 2.26. The monoisotopic (exact) mass is 437 g/mol. The van der Waals surface area contributed by atoms with Crippen molar-refractivity contribution < 1.29 is 19.2 Å². The van der Waals surface area contributed by atoms with Crippen LogP contribution in [0.3, 0.4) is 0 Å². The first kappa shape index (κ1) is 20.9. The lowest BCUT2D eigenvalue weighted by molar-refractivity contribution is 0.0698. The smallest absolute Gasteiger partial charge is 0.338 e. The highest BCUT2D eigenvalue weighted by Crippen LogP contribution is 2.35. The molecule has 0 bridgehead atoms. The van der Waals surface area contributed by atoms with Crippen LogP contribution in [0.25, 0.3) is 10.9 Å². The molecule has 0 aliphatic heterocycles. The van der Waals surface area contributed by atoms with Crippen LogP contribution in [-0.4, -0.2) is 34.5 Å². The number of aromatic nitrogens is 3. The number of imidazole rings is 1. The molecule has 2 aromatic carbocycles. The van der Waals surface area contributed by atoms with Gasteiger partial charge in [0.25, 0.3) is 0 Å². The molecular weight excluding hydrogens is 414 g/mol. The average molecular weight is 438 g/mol. The Bertz CT molecular complexity index is 1320. The Labute approximate surface area is 182 Å². The van der Waals surface area contributed by atoms with Crippen LogP contribution < -0.4 is 0 Å². The maximum absolute atomic E-state index is 13.0. The van der Waals surface area contributed by atoms with Crippen LogP contribution in [0.15, 0.2) is 53.7 Å². The van der Waals surface area contributed by atoms with E-state index in [1.807, 2.05) is 30.5 Å². The molecule has 0 spiro atoms. The summed E-state index contributed by atoms with van der Waals surface area (Å²) in [7, 11) is 0.348. The molecule has 8 heteroatoms. The van der Waals surface area contributed by atoms with E-state index in [1.54, 1.807) is 48.3 Å². The van der Waals surface area contributed by atoms with E-state index in [4.69, 9.17) is 0 Å². The molecule has 2 heterocycles. The number of fused-ring (bicyclic) bond motifs is 1. The molecule has 31 heavy (non-hydrogen) atoms. The fourth-order valence-electron chi connectivity index (χ4n) is 3.84. The third-order valence-corrected chi connectivity index (χ3v) is 6.92. The summed E-state index contributed by atoms with van der Waals surface area (Å²) in [6.07, 6.45) is 3.44. The topological polar surface area (TPSA) is 97.3 Å². The Morgan fingerprint density at radius 1 is 1.13 bits per heavy atom. The summed E-state index contributed by atoms with van der Waals surface area (Å²) in [4.78, 5) is 17.2. The first-order valence-corrected chi connectivity index (χ1v) is 11.1. The molecule has 1 atom stereocenters. The minimum atomic E-state index is -1.42. The fourth-order valence-corrected chi connectivity index (χ4v) is 5.03. The number of benzene rings is 2. The number of nitrogens with zero attached hydrogens (tertiary/aromatic N) is 3. The zero-order valence-corrected chi connectivity index (χ0v) is 18.3. The predicted molar refractivity (Wildman–Crippen MR) is 119 cm³/mol. The van der Waals surface area contributed by atoms with Crippen molar-refractivity contribution in [2.45, 2.75) is 31.0 Å². The standard InChI is InChI=1S/C23H23N3O4S/c1-14-4-6-16(7-5-14)31(30)13-19-22(23(28)29)21-17(12-26-11-10-24-15(26)2)20(27)9-8-18(21)25(19)3/h4-11,27H,12-13H2,1-3H3,(H,28,29). The van der Waals surface area contributed by atoms with E-state index in [0.29, 0.717) is 27.1 Å². The largest absolute Gasteiger partial charge is 0.508 e. The predicted octanol–water partition coefficient (Wildman–Crippen LogP) is 3.75. The van der Waals surface area contributed by atoms with Crippen molar-refractivity contribution in [1.82, 2.24) is 14.1 Å². The maximum Gasteiger partial charge on any atom is 0.338 e. The van der Waals surface area contributed by atoms with Gasteiger partial charge in [-0.15, -0.1) is 0 Å². The summed E-state index contributed by atoms with van der Waals surface area (Å²) >= 11 is 0. The van der Waals surface area contributed by atoms with Crippen molar-refractivity contribution in [3.05, 3.63) is 77.0 Å².